The van der Waals surface area contributed by atoms with E-state index in [-0.39, 0.29) is 10.5 Å². The highest BCUT2D eigenvalue weighted by atomic mass is 35.5. The van der Waals surface area contributed by atoms with Crippen molar-refractivity contribution >= 4 is 22.6 Å². The van der Waals surface area contributed by atoms with E-state index < -0.39 is 0 Å². The van der Waals surface area contributed by atoms with Gasteiger partial charge in [0.05, 0.1) is 11.6 Å². The van der Waals surface area contributed by atoms with Gasteiger partial charge in [-0.2, -0.15) is 5.10 Å². The quantitative estimate of drug-likeness (QED) is 0.691. The van der Waals surface area contributed by atoms with Gasteiger partial charge in [-0.25, -0.2) is 0 Å². The van der Waals surface area contributed by atoms with Crippen molar-refractivity contribution in [3.63, 3.8) is 0 Å². The first-order valence-electron chi connectivity index (χ1n) is 3.81. The van der Waals surface area contributed by atoms with Crippen LogP contribution in [-0.4, -0.2) is 14.8 Å². The Balaban J connectivity index is 3.05. The van der Waals surface area contributed by atoms with Crippen LogP contribution in [0, 0.1) is 6.92 Å². The van der Waals surface area contributed by atoms with Gasteiger partial charge in [0.15, 0.2) is 0 Å². The summed E-state index contributed by atoms with van der Waals surface area (Å²) in [7, 11) is 1.77. The highest BCUT2D eigenvalue weighted by Crippen LogP contribution is 2.13. The molecule has 4 nitrogen and oxygen atoms in total. The summed E-state index contributed by atoms with van der Waals surface area (Å²) >= 11 is 5.79. The van der Waals surface area contributed by atoms with Gasteiger partial charge in [-0.3, -0.25) is 9.48 Å². The summed E-state index contributed by atoms with van der Waals surface area (Å²) in [5.41, 5.74) is 1.20. The van der Waals surface area contributed by atoms with Crippen LogP contribution in [-0.2, 0) is 7.05 Å². The van der Waals surface area contributed by atoms with Crippen molar-refractivity contribution in [2.75, 3.05) is 0 Å². The van der Waals surface area contributed by atoms with E-state index in [9.17, 15) is 4.79 Å². The third-order valence-electron chi connectivity index (χ3n) is 2.02. The highest BCUT2D eigenvalue weighted by Gasteiger charge is 2.09. The average Bonchev–Trinajstić information content (AvgIpc) is 2.45. The van der Waals surface area contributed by atoms with E-state index in [1.807, 2.05) is 0 Å². The van der Waals surface area contributed by atoms with Crippen LogP contribution in [0.5, 0.6) is 0 Å². The van der Waals surface area contributed by atoms with Crippen LogP contribution in [0.25, 0.3) is 11.0 Å². The van der Waals surface area contributed by atoms with Crippen LogP contribution in [0.3, 0.4) is 0 Å². The van der Waals surface area contributed by atoms with Crippen LogP contribution in [0.4, 0.5) is 0 Å². The molecule has 5 heteroatoms. The van der Waals surface area contributed by atoms with E-state index >= 15 is 0 Å². The Morgan fingerprint density at radius 3 is 3.00 bits per heavy atom. The number of hydrogen-bond acceptors (Lipinski definition) is 2. The first kappa shape index (κ1) is 8.31. The molecule has 0 atom stereocenters. The number of H-pyrrole nitrogens is 1. The minimum atomic E-state index is -0.166. The summed E-state index contributed by atoms with van der Waals surface area (Å²) < 4.78 is 1.61. The fraction of sp³-hybridized carbons (Fsp3) is 0.250. The van der Waals surface area contributed by atoms with E-state index in [2.05, 4.69) is 10.1 Å². The number of aromatic amines is 1. The molecule has 0 saturated carbocycles. The van der Waals surface area contributed by atoms with Crippen molar-refractivity contribution in [3.8, 4) is 0 Å². The molecule has 13 heavy (non-hydrogen) atoms. The van der Waals surface area contributed by atoms with Crippen molar-refractivity contribution in [1.82, 2.24) is 14.8 Å². The number of rotatable bonds is 0. The van der Waals surface area contributed by atoms with E-state index in [1.165, 1.54) is 6.20 Å². The zero-order valence-electron chi connectivity index (χ0n) is 7.26. The van der Waals surface area contributed by atoms with E-state index in [1.54, 1.807) is 18.7 Å². The monoisotopic (exact) mass is 197 g/mol. The molecule has 0 amide bonds. The maximum absolute atomic E-state index is 11.6. The molecule has 0 bridgehead atoms. The number of hydrogen-bond donors (Lipinski definition) is 1. The van der Waals surface area contributed by atoms with Gasteiger partial charge in [0, 0.05) is 12.7 Å². The van der Waals surface area contributed by atoms with Crippen molar-refractivity contribution in [1.29, 1.82) is 0 Å². The van der Waals surface area contributed by atoms with Crippen LogP contribution in [0.15, 0.2) is 11.0 Å². The van der Waals surface area contributed by atoms with Crippen LogP contribution < -0.4 is 5.43 Å². The number of nitrogens with one attached hydrogen (secondary N) is 1. The first-order valence-corrected chi connectivity index (χ1v) is 4.19. The summed E-state index contributed by atoms with van der Waals surface area (Å²) in [4.78, 5) is 14.6. The molecular weight excluding hydrogens is 190 g/mol. The molecule has 0 spiro atoms. The van der Waals surface area contributed by atoms with E-state index in [0.29, 0.717) is 16.7 Å². The van der Waals surface area contributed by atoms with Crippen LogP contribution >= 0.6 is 11.6 Å². The molecule has 68 valence electrons. The van der Waals surface area contributed by atoms with Crippen molar-refractivity contribution < 1.29 is 0 Å². The molecule has 2 aromatic rings. The number of halogens is 1. The Morgan fingerprint density at radius 1 is 1.62 bits per heavy atom. The molecule has 0 radical (unpaired) electrons. The van der Waals surface area contributed by atoms with Gasteiger partial charge in [-0.1, -0.05) is 11.6 Å². The summed E-state index contributed by atoms with van der Waals surface area (Å²) in [6.07, 6.45) is 1.51. The molecule has 2 rings (SSSR count). The topological polar surface area (TPSA) is 50.7 Å². The zero-order valence-corrected chi connectivity index (χ0v) is 8.01. The van der Waals surface area contributed by atoms with Gasteiger partial charge in [0.1, 0.15) is 10.7 Å². The molecule has 0 aliphatic heterocycles. The molecule has 0 unspecified atom stereocenters. The highest BCUT2D eigenvalue weighted by molar-refractivity contribution is 6.31. The van der Waals surface area contributed by atoms with E-state index in [4.69, 9.17) is 11.6 Å². The third kappa shape index (κ3) is 1.06. The Labute approximate surface area is 79.1 Å². The van der Waals surface area contributed by atoms with Crippen LogP contribution in [0.2, 0.25) is 5.02 Å². The Morgan fingerprint density at radius 2 is 2.31 bits per heavy atom. The summed E-state index contributed by atoms with van der Waals surface area (Å²) in [5.74, 6) is 0. The van der Waals surface area contributed by atoms with Crippen molar-refractivity contribution in [2.24, 2.45) is 7.05 Å². The SMILES string of the molecule is Cc1[nH]c2c(cnn2C)c(=O)c1Cl. The van der Waals surface area contributed by atoms with Crippen LogP contribution in [0.1, 0.15) is 5.69 Å². The Kier molecular flexibility index (Phi) is 1.66. The molecule has 0 fully saturated rings. The van der Waals surface area contributed by atoms with Gasteiger partial charge >= 0.3 is 0 Å². The smallest absolute Gasteiger partial charge is 0.211 e. The lowest BCUT2D eigenvalue weighted by molar-refractivity contribution is 0.785. The van der Waals surface area contributed by atoms with Gasteiger partial charge in [0.25, 0.3) is 0 Å². The number of fused-ring (bicyclic) bond motifs is 1. The maximum atomic E-state index is 11.6. The predicted molar refractivity (Wildman–Crippen MR) is 51.1 cm³/mol. The van der Waals surface area contributed by atoms with Crippen molar-refractivity contribution in [3.05, 3.63) is 27.1 Å². The second kappa shape index (κ2) is 2.60. The third-order valence-corrected chi connectivity index (χ3v) is 2.47. The Bertz CT molecular complexity index is 526. The fourth-order valence-electron chi connectivity index (χ4n) is 1.27. The Hall–Kier alpha value is -1.29. The number of aryl methyl sites for hydroxylation is 2. The first-order chi connectivity index (χ1) is 6.11. The fourth-order valence-corrected chi connectivity index (χ4v) is 1.42. The van der Waals surface area contributed by atoms with Gasteiger partial charge in [-0.05, 0) is 6.92 Å². The van der Waals surface area contributed by atoms with Crippen molar-refractivity contribution in [2.45, 2.75) is 6.92 Å². The molecule has 0 saturated heterocycles. The zero-order chi connectivity index (χ0) is 9.59. The van der Waals surface area contributed by atoms with Gasteiger partial charge < -0.3 is 4.98 Å². The minimum absolute atomic E-state index is 0.166. The lowest BCUT2D eigenvalue weighted by Crippen LogP contribution is -2.06. The lowest BCUT2D eigenvalue weighted by Gasteiger charge is -1.99. The standard InChI is InChI=1S/C8H8ClN3O/c1-4-6(9)7(13)5-3-10-12(2)8(5)11-4/h3H,1-2H3,(H,11,13). The molecular formula is C8H8ClN3O. The van der Waals surface area contributed by atoms with E-state index in [0.717, 1.165) is 0 Å². The summed E-state index contributed by atoms with van der Waals surface area (Å²) in [6, 6.07) is 0. The number of nitrogens with zero attached hydrogens (tertiary/aromatic N) is 2. The summed E-state index contributed by atoms with van der Waals surface area (Å²) in [6.45, 7) is 1.76. The second-order valence-corrected chi connectivity index (χ2v) is 3.30. The predicted octanol–water partition coefficient (Wildman–Crippen LogP) is 1.22. The molecule has 0 aliphatic rings. The molecule has 1 N–H and O–H groups in total. The molecule has 0 aliphatic carbocycles. The normalized spacial score (nSPS) is 11.0. The number of aromatic nitrogens is 3. The summed E-state index contributed by atoms with van der Waals surface area (Å²) in [5, 5.41) is 4.73. The molecule has 0 aromatic carbocycles. The van der Waals surface area contributed by atoms with Gasteiger partial charge in [0.2, 0.25) is 5.43 Å². The largest absolute Gasteiger partial charge is 0.342 e. The maximum Gasteiger partial charge on any atom is 0.211 e. The second-order valence-electron chi connectivity index (χ2n) is 2.92. The average molecular weight is 198 g/mol. The molecule has 2 heterocycles. The van der Waals surface area contributed by atoms with Gasteiger partial charge in [-0.15, -0.1) is 0 Å². The lowest BCUT2D eigenvalue weighted by atomic mass is 10.3. The molecule has 2 aromatic heterocycles. The number of pyridine rings is 1. The minimum Gasteiger partial charge on any atom is -0.342 e.